The predicted octanol–water partition coefficient (Wildman–Crippen LogP) is 3.12. The highest BCUT2D eigenvalue weighted by Gasteiger charge is 2.54. The van der Waals surface area contributed by atoms with Crippen LogP contribution >= 0.6 is 0 Å². The van der Waals surface area contributed by atoms with Crippen molar-refractivity contribution in [2.45, 2.75) is 51.7 Å². The first-order valence-corrected chi connectivity index (χ1v) is 7.87. The fourth-order valence-corrected chi connectivity index (χ4v) is 2.38. The van der Waals surface area contributed by atoms with Gasteiger partial charge in [0.25, 0.3) is 0 Å². The van der Waals surface area contributed by atoms with Crippen molar-refractivity contribution in [3.8, 4) is 6.01 Å². The van der Waals surface area contributed by atoms with Gasteiger partial charge in [-0.05, 0) is 52.7 Å². The summed E-state index contributed by atoms with van der Waals surface area (Å²) in [5, 5.41) is 0. The minimum atomic E-state index is -0.953. The van der Waals surface area contributed by atoms with Crippen LogP contribution in [0.15, 0.2) is 30.3 Å². The highest BCUT2D eigenvalue weighted by Crippen LogP contribution is 2.49. The standard InChI is InChI=1S/C16H22BFN2O3/c1-14(2)15(3,4)23-17(22-14)12(18)10-16(6-7-16)11-21-13-19-8-5-9-20-13/h5,8-10H,6-7,11H2,1-4H3. The van der Waals surface area contributed by atoms with Crippen molar-refractivity contribution >= 4 is 7.12 Å². The molecule has 1 saturated heterocycles. The zero-order chi connectivity index (χ0) is 16.7. The molecule has 0 unspecified atom stereocenters. The molecule has 0 amide bonds. The summed E-state index contributed by atoms with van der Waals surface area (Å²) >= 11 is 0. The Morgan fingerprint density at radius 1 is 1.22 bits per heavy atom. The van der Waals surface area contributed by atoms with Gasteiger partial charge in [0.2, 0.25) is 0 Å². The van der Waals surface area contributed by atoms with Crippen LogP contribution < -0.4 is 4.74 Å². The Hall–Kier alpha value is -1.47. The van der Waals surface area contributed by atoms with Crippen LogP contribution in [-0.4, -0.2) is 34.9 Å². The molecule has 0 spiro atoms. The molecule has 1 aromatic heterocycles. The second-order valence-electron chi connectivity index (χ2n) is 7.30. The van der Waals surface area contributed by atoms with Gasteiger partial charge in [-0.3, -0.25) is 0 Å². The average molecular weight is 320 g/mol. The SMILES string of the molecule is CC1(C)OB(C(F)=CC2(COc3ncccn3)CC2)OC1(C)C. The molecule has 1 aromatic rings. The molecular weight excluding hydrogens is 298 g/mol. The van der Waals surface area contributed by atoms with Gasteiger partial charge in [0.1, 0.15) is 12.3 Å². The molecule has 3 rings (SSSR count). The second kappa shape index (κ2) is 5.56. The molecule has 2 aliphatic rings. The third kappa shape index (κ3) is 3.40. The van der Waals surface area contributed by atoms with Crippen molar-refractivity contribution in [1.29, 1.82) is 0 Å². The molecule has 0 aromatic carbocycles. The molecule has 7 heteroatoms. The zero-order valence-corrected chi connectivity index (χ0v) is 14.0. The van der Waals surface area contributed by atoms with Gasteiger partial charge in [0.05, 0.1) is 11.2 Å². The second-order valence-corrected chi connectivity index (χ2v) is 7.30. The van der Waals surface area contributed by atoms with E-state index in [1.807, 2.05) is 27.7 Å². The third-order valence-electron chi connectivity index (χ3n) is 4.85. The van der Waals surface area contributed by atoms with Crippen molar-refractivity contribution in [2.24, 2.45) is 5.41 Å². The lowest BCUT2D eigenvalue weighted by Gasteiger charge is -2.32. The van der Waals surface area contributed by atoms with Gasteiger partial charge < -0.3 is 14.0 Å². The molecule has 0 radical (unpaired) electrons. The molecule has 1 aliphatic carbocycles. The van der Waals surface area contributed by atoms with E-state index in [1.165, 1.54) is 0 Å². The Kier molecular flexibility index (Phi) is 3.96. The van der Waals surface area contributed by atoms with Crippen LogP contribution in [0.5, 0.6) is 6.01 Å². The summed E-state index contributed by atoms with van der Waals surface area (Å²) in [5.74, 6) is 0. The zero-order valence-electron chi connectivity index (χ0n) is 14.0. The maximum atomic E-state index is 14.6. The lowest BCUT2D eigenvalue weighted by atomic mass is 9.85. The number of aromatic nitrogens is 2. The van der Waals surface area contributed by atoms with Gasteiger partial charge in [-0.25, -0.2) is 14.4 Å². The first kappa shape index (κ1) is 16.4. The van der Waals surface area contributed by atoms with Crippen LogP contribution in [0, 0.1) is 5.41 Å². The van der Waals surface area contributed by atoms with Gasteiger partial charge in [0, 0.05) is 17.8 Å². The molecule has 0 bridgehead atoms. The van der Waals surface area contributed by atoms with E-state index < -0.39 is 24.0 Å². The van der Waals surface area contributed by atoms with E-state index in [2.05, 4.69) is 9.97 Å². The summed E-state index contributed by atoms with van der Waals surface area (Å²) in [6.45, 7) is 7.97. The summed E-state index contributed by atoms with van der Waals surface area (Å²) in [7, 11) is -0.953. The molecule has 5 nitrogen and oxygen atoms in total. The summed E-state index contributed by atoms with van der Waals surface area (Å²) in [4.78, 5) is 8.01. The average Bonchev–Trinajstić information content (AvgIpc) is 3.20. The van der Waals surface area contributed by atoms with Gasteiger partial charge in [-0.2, -0.15) is 0 Å². The maximum Gasteiger partial charge on any atom is 0.524 e. The lowest BCUT2D eigenvalue weighted by molar-refractivity contribution is 0.00578. The van der Waals surface area contributed by atoms with E-state index in [4.69, 9.17) is 14.0 Å². The molecule has 0 atom stereocenters. The van der Waals surface area contributed by atoms with Crippen molar-refractivity contribution in [1.82, 2.24) is 9.97 Å². The molecule has 23 heavy (non-hydrogen) atoms. The van der Waals surface area contributed by atoms with Crippen LogP contribution in [0.3, 0.4) is 0 Å². The van der Waals surface area contributed by atoms with E-state index in [-0.39, 0.29) is 5.41 Å². The summed E-state index contributed by atoms with van der Waals surface area (Å²) in [5.41, 5.74) is -1.80. The Morgan fingerprint density at radius 2 is 1.78 bits per heavy atom. The molecule has 2 heterocycles. The van der Waals surface area contributed by atoms with Crippen molar-refractivity contribution in [2.75, 3.05) is 6.61 Å². The summed E-state index contributed by atoms with van der Waals surface area (Å²) < 4.78 is 31.6. The van der Waals surface area contributed by atoms with E-state index in [0.717, 1.165) is 12.8 Å². The molecule has 2 fully saturated rings. The van der Waals surface area contributed by atoms with Crippen molar-refractivity contribution in [3.05, 3.63) is 30.3 Å². The fourth-order valence-electron chi connectivity index (χ4n) is 2.38. The normalized spacial score (nSPS) is 24.6. The molecular formula is C16H22BFN2O3. The quantitative estimate of drug-likeness (QED) is 0.780. The van der Waals surface area contributed by atoms with E-state index in [1.54, 1.807) is 24.5 Å². The predicted molar refractivity (Wildman–Crippen MR) is 84.5 cm³/mol. The van der Waals surface area contributed by atoms with Gasteiger partial charge in [-0.1, -0.05) is 0 Å². The summed E-state index contributed by atoms with van der Waals surface area (Å²) in [6, 6.07) is 2.03. The van der Waals surface area contributed by atoms with Gasteiger partial charge in [-0.15, -0.1) is 0 Å². The molecule has 1 aliphatic heterocycles. The largest absolute Gasteiger partial charge is 0.524 e. The van der Waals surface area contributed by atoms with Crippen LogP contribution in [0.2, 0.25) is 0 Å². The van der Waals surface area contributed by atoms with Crippen LogP contribution in [0.1, 0.15) is 40.5 Å². The minimum Gasteiger partial charge on any atom is -0.463 e. The minimum absolute atomic E-state index is 0.309. The Morgan fingerprint density at radius 3 is 2.30 bits per heavy atom. The first-order chi connectivity index (χ1) is 10.7. The highest BCUT2D eigenvalue weighted by atomic mass is 19.1. The number of halogens is 1. The van der Waals surface area contributed by atoms with Crippen LogP contribution in [0.4, 0.5) is 4.39 Å². The summed E-state index contributed by atoms with van der Waals surface area (Å²) in [6.07, 6.45) is 6.54. The lowest BCUT2D eigenvalue weighted by Crippen LogP contribution is -2.41. The Labute approximate surface area is 136 Å². The number of ether oxygens (including phenoxy) is 1. The molecule has 0 N–H and O–H groups in total. The van der Waals surface area contributed by atoms with Gasteiger partial charge >= 0.3 is 13.1 Å². The van der Waals surface area contributed by atoms with Gasteiger partial charge in [0.15, 0.2) is 0 Å². The molecule has 1 saturated carbocycles. The fraction of sp³-hybridized carbons (Fsp3) is 0.625. The van der Waals surface area contributed by atoms with E-state index in [9.17, 15) is 4.39 Å². The van der Waals surface area contributed by atoms with Crippen LogP contribution in [0.25, 0.3) is 0 Å². The number of nitrogens with zero attached hydrogens (tertiary/aromatic N) is 2. The topological polar surface area (TPSA) is 53.5 Å². The van der Waals surface area contributed by atoms with E-state index >= 15 is 0 Å². The maximum absolute atomic E-state index is 14.6. The number of hydrogen-bond donors (Lipinski definition) is 0. The van der Waals surface area contributed by atoms with Crippen LogP contribution in [-0.2, 0) is 9.31 Å². The number of rotatable bonds is 5. The third-order valence-corrected chi connectivity index (χ3v) is 4.85. The highest BCUT2D eigenvalue weighted by molar-refractivity contribution is 6.53. The molecule has 124 valence electrons. The number of hydrogen-bond acceptors (Lipinski definition) is 5. The van der Waals surface area contributed by atoms with Crippen molar-refractivity contribution < 1.29 is 18.4 Å². The van der Waals surface area contributed by atoms with Crippen molar-refractivity contribution in [3.63, 3.8) is 0 Å². The smallest absolute Gasteiger partial charge is 0.463 e. The monoisotopic (exact) mass is 320 g/mol. The Balaban J connectivity index is 1.64. The first-order valence-electron chi connectivity index (χ1n) is 7.87. The van der Waals surface area contributed by atoms with E-state index in [0.29, 0.717) is 12.6 Å². The Bertz CT molecular complexity index is 587.